The molecule has 0 spiro atoms. The Hall–Kier alpha value is -0.250. The van der Waals surface area contributed by atoms with Crippen LogP contribution >= 0.6 is 24.2 Å². The summed E-state index contributed by atoms with van der Waals surface area (Å²) < 4.78 is 0. The number of pyridine rings is 1. The van der Waals surface area contributed by atoms with E-state index in [0.29, 0.717) is 6.54 Å². The van der Waals surface area contributed by atoms with E-state index in [1.54, 1.807) is 0 Å². The summed E-state index contributed by atoms with van der Waals surface area (Å²) in [6.45, 7) is 4.96. The summed E-state index contributed by atoms with van der Waals surface area (Å²) >= 11 is 1.86. The van der Waals surface area contributed by atoms with Gasteiger partial charge in [-0.15, -0.1) is 24.2 Å². The second-order valence-corrected chi connectivity index (χ2v) is 4.49. The minimum atomic E-state index is 0. The van der Waals surface area contributed by atoms with Crippen LogP contribution in [0, 0.1) is 5.92 Å². The van der Waals surface area contributed by atoms with Gasteiger partial charge in [0.1, 0.15) is 0 Å². The Labute approximate surface area is 96.1 Å². The highest BCUT2D eigenvalue weighted by molar-refractivity contribution is 7.99. The van der Waals surface area contributed by atoms with Gasteiger partial charge in [-0.25, -0.2) is 0 Å². The summed E-state index contributed by atoms with van der Waals surface area (Å²) in [7, 11) is 0. The van der Waals surface area contributed by atoms with Crippen LogP contribution in [0.3, 0.4) is 0 Å². The van der Waals surface area contributed by atoms with Crippen LogP contribution < -0.4 is 5.73 Å². The summed E-state index contributed by atoms with van der Waals surface area (Å²) in [5.74, 6) is 1.87. The van der Waals surface area contributed by atoms with Gasteiger partial charge in [0.25, 0.3) is 0 Å². The molecule has 0 saturated heterocycles. The Balaban J connectivity index is 0.00000169. The van der Waals surface area contributed by atoms with Crippen LogP contribution in [0.25, 0.3) is 0 Å². The molecule has 2 nitrogen and oxygen atoms in total. The van der Waals surface area contributed by atoms with Gasteiger partial charge in [0.05, 0.1) is 5.69 Å². The number of hydrogen-bond acceptors (Lipinski definition) is 3. The van der Waals surface area contributed by atoms with Crippen molar-refractivity contribution >= 4 is 24.2 Å². The van der Waals surface area contributed by atoms with Crippen LogP contribution in [0.2, 0.25) is 0 Å². The monoisotopic (exact) mass is 232 g/mol. The van der Waals surface area contributed by atoms with Gasteiger partial charge in [-0.2, -0.15) is 0 Å². The van der Waals surface area contributed by atoms with E-state index in [0.717, 1.165) is 17.4 Å². The van der Waals surface area contributed by atoms with Crippen molar-refractivity contribution in [3.8, 4) is 0 Å². The van der Waals surface area contributed by atoms with Gasteiger partial charge in [0.15, 0.2) is 0 Å². The second kappa shape index (κ2) is 7.10. The number of nitrogens with zero attached hydrogens (tertiary/aromatic N) is 1. The van der Waals surface area contributed by atoms with Gasteiger partial charge in [0.2, 0.25) is 0 Å². The fraction of sp³-hybridized carbons (Fsp3) is 0.500. The van der Waals surface area contributed by atoms with E-state index in [9.17, 15) is 0 Å². The van der Waals surface area contributed by atoms with Crippen LogP contribution in [0.4, 0.5) is 0 Å². The molecule has 1 heterocycles. The summed E-state index contributed by atoms with van der Waals surface area (Å²) in [5.41, 5.74) is 6.47. The van der Waals surface area contributed by atoms with E-state index in [2.05, 4.69) is 24.9 Å². The van der Waals surface area contributed by atoms with Gasteiger partial charge >= 0.3 is 0 Å². The fourth-order valence-electron chi connectivity index (χ4n) is 0.920. The topological polar surface area (TPSA) is 38.9 Å². The first kappa shape index (κ1) is 13.8. The molecule has 2 N–H and O–H groups in total. The van der Waals surface area contributed by atoms with Gasteiger partial charge in [0, 0.05) is 23.4 Å². The molecule has 4 heteroatoms. The number of aromatic nitrogens is 1. The minimum absolute atomic E-state index is 0. The Morgan fingerprint density at radius 2 is 2.21 bits per heavy atom. The molecule has 0 radical (unpaired) electrons. The predicted molar refractivity (Wildman–Crippen MR) is 64.9 cm³/mol. The van der Waals surface area contributed by atoms with Crippen LogP contribution in [-0.4, -0.2) is 10.7 Å². The zero-order valence-electron chi connectivity index (χ0n) is 8.56. The van der Waals surface area contributed by atoms with Crippen LogP contribution in [-0.2, 0) is 6.54 Å². The van der Waals surface area contributed by atoms with Crippen molar-refractivity contribution in [2.24, 2.45) is 11.7 Å². The van der Waals surface area contributed by atoms with Crippen LogP contribution in [0.5, 0.6) is 0 Å². The van der Waals surface area contributed by atoms with Gasteiger partial charge < -0.3 is 5.73 Å². The van der Waals surface area contributed by atoms with E-state index < -0.39 is 0 Å². The lowest BCUT2D eigenvalue weighted by Crippen LogP contribution is -1.99. The fourth-order valence-corrected chi connectivity index (χ4v) is 1.82. The van der Waals surface area contributed by atoms with E-state index in [1.807, 2.05) is 24.0 Å². The second-order valence-electron chi connectivity index (χ2n) is 3.39. The van der Waals surface area contributed by atoms with Crippen molar-refractivity contribution in [1.82, 2.24) is 4.98 Å². The quantitative estimate of drug-likeness (QED) is 0.812. The van der Waals surface area contributed by atoms with Crippen LogP contribution in [0.1, 0.15) is 19.5 Å². The number of halogens is 1. The number of thioether (sulfide) groups is 1. The first-order valence-corrected chi connectivity index (χ1v) is 5.48. The van der Waals surface area contributed by atoms with Crippen molar-refractivity contribution in [2.45, 2.75) is 25.3 Å². The molecule has 0 atom stereocenters. The molecule has 0 fully saturated rings. The summed E-state index contributed by atoms with van der Waals surface area (Å²) in [4.78, 5) is 5.41. The molecule has 80 valence electrons. The molecule has 0 aliphatic carbocycles. The molecule has 0 amide bonds. The molecule has 14 heavy (non-hydrogen) atoms. The molecule has 0 aromatic carbocycles. The van der Waals surface area contributed by atoms with Gasteiger partial charge in [-0.1, -0.05) is 13.8 Å². The Morgan fingerprint density at radius 1 is 1.50 bits per heavy atom. The Kier molecular flexibility index (Phi) is 6.97. The molecule has 0 saturated carbocycles. The largest absolute Gasteiger partial charge is 0.325 e. The average molecular weight is 233 g/mol. The van der Waals surface area contributed by atoms with E-state index >= 15 is 0 Å². The first-order chi connectivity index (χ1) is 6.22. The maximum absolute atomic E-state index is 5.50. The third-order valence-corrected chi connectivity index (χ3v) is 3.00. The number of nitrogens with two attached hydrogens (primary N) is 1. The highest BCUT2D eigenvalue weighted by atomic mass is 35.5. The van der Waals surface area contributed by atoms with E-state index in [-0.39, 0.29) is 12.4 Å². The Bertz CT molecular complexity index is 266. The summed E-state index contributed by atoms with van der Waals surface area (Å²) in [5, 5.41) is 0. The molecule has 1 rings (SSSR count). The van der Waals surface area contributed by atoms with E-state index in [4.69, 9.17) is 5.73 Å². The molecule has 1 aromatic heterocycles. The molecule has 0 aliphatic heterocycles. The minimum Gasteiger partial charge on any atom is -0.325 e. The lowest BCUT2D eigenvalue weighted by Gasteiger charge is -2.04. The predicted octanol–water partition coefficient (Wildman–Crippen LogP) is 2.71. The normalized spacial score (nSPS) is 10.0. The Morgan fingerprint density at radius 3 is 2.79 bits per heavy atom. The molecule has 0 aliphatic rings. The zero-order chi connectivity index (χ0) is 9.68. The standard InChI is InChI=1S/C10H16N2S.ClH/c1-8(2)7-13-10-3-4-12-9(5-10)6-11;/h3-5,8H,6-7,11H2,1-2H3;1H. The summed E-state index contributed by atoms with van der Waals surface area (Å²) in [6, 6.07) is 4.10. The van der Waals surface area contributed by atoms with Crippen molar-refractivity contribution in [3.63, 3.8) is 0 Å². The number of rotatable bonds is 4. The molecule has 1 aromatic rings. The smallest absolute Gasteiger partial charge is 0.0550 e. The maximum atomic E-state index is 5.50. The lowest BCUT2D eigenvalue weighted by atomic mass is 10.3. The highest BCUT2D eigenvalue weighted by Gasteiger charge is 1.98. The first-order valence-electron chi connectivity index (χ1n) is 4.50. The van der Waals surface area contributed by atoms with Crippen molar-refractivity contribution in [2.75, 3.05) is 5.75 Å². The molecular formula is C10H17ClN2S. The third-order valence-electron chi connectivity index (χ3n) is 1.58. The van der Waals surface area contributed by atoms with E-state index in [1.165, 1.54) is 4.90 Å². The van der Waals surface area contributed by atoms with Gasteiger partial charge in [-0.05, 0) is 18.1 Å². The van der Waals surface area contributed by atoms with Gasteiger partial charge in [-0.3, -0.25) is 4.98 Å². The van der Waals surface area contributed by atoms with Crippen molar-refractivity contribution in [1.29, 1.82) is 0 Å². The molecule has 0 bridgehead atoms. The zero-order valence-corrected chi connectivity index (χ0v) is 10.2. The van der Waals surface area contributed by atoms with Crippen molar-refractivity contribution < 1.29 is 0 Å². The highest BCUT2D eigenvalue weighted by Crippen LogP contribution is 2.20. The number of hydrogen-bond donors (Lipinski definition) is 1. The lowest BCUT2D eigenvalue weighted by molar-refractivity contribution is 0.750. The SMILES string of the molecule is CC(C)CSc1ccnc(CN)c1.Cl. The maximum Gasteiger partial charge on any atom is 0.0550 e. The summed E-state index contributed by atoms with van der Waals surface area (Å²) in [6.07, 6.45) is 1.82. The molecular weight excluding hydrogens is 216 g/mol. The van der Waals surface area contributed by atoms with Crippen molar-refractivity contribution in [3.05, 3.63) is 24.0 Å². The average Bonchev–Trinajstić information content (AvgIpc) is 2.15. The van der Waals surface area contributed by atoms with Crippen LogP contribution in [0.15, 0.2) is 23.2 Å². The molecule has 0 unspecified atom stereocenters. The third kappa shape index (κ3) is 4.84.